The molecule has 0 radical (unpaired) electrons. The summed E-state index contributed by atoms with van der Waals surface area (Å²) in [5, 5.41) is 4.96. The number of benzene rings is 2. The maximum Gasteiger partial charge on any atom is 0.124 e. The molecule has 4 heteroatoms. The van der Waals surface area contributed by atoms with E-state index in [0.29, 0.717) is 0 Å². The van der Waals surface area contributed by atoms with Gasteiger partial charge in [0, 0.05) is 28.7 Å². The summed E-state index contributed by atoms with van der Waals surface area (Å²) in [7, 11) is 3.40. The van der Waals surface area contributed by atoms with Gasteiger partial charge in [0.25, 0.3) is 0 Å². The predicted octanol–water partition coefficient (Wildman–Crippen LogP) is 3.73. The maximum atomic E-state index is 5.60. The summed E-state index contributed by atoms with van der Waals surface area (Å²) in [6, 6.07) is 12.6. The molecule has 1 unspecified atom stereocenters. The molecule has 0 spiro atoms. The van der Waals surface area contributed by atoms with E-state index in [2.05, 4.69) is 41.5 Å². The summed E-state index contributed by atoms with van der Waals surface area (Å²) in [4.78, 5) is 3.62. The monoisotopic (exact) mass is 322 g/mol. The van der Waals surface area contributed by atoms with Crippen LogP contribution in [0.3, 0.4) is 0 Å². The molecule has 0 fully saturated rings. The summed E-state index contributed by atoms with van der Waals surface area (Å²) in [6.45, 7) is 3.08. The Kier molecular flexibility index (Phi) is 3.69. The van der Waals surface area contributed by atoms with Gasteiger partial charge in [-0.15, -0.1) is 0 Å². The number of aryl methyl sites for hydroxylation is 1. The highest BCUT2D eigenvalue weighted by Crippen LogP contribution is 2.38. The van der Waals surface area contributed by atoms with Crippen LogP contribution < -0.4 is 14.8 Å². The average molecular weight is 322 g/mol. The van der Waals surface area contributed by atoms with Crippen LogP contribution in [0.15, 0.2) is 36.4 Å². The number of hydrogen-bond acceptors (Lipinski definition) is 3. The Labute approximate surface area is 141 Å². The summed E-state index contributed by atoms with van der Waals surface area (Å²) >= 11 is 0. The number of H-pyrrole nitrogens is 1. The number of methoxy groups -OCH3 is 2. The zero-order chi connectivity index (χ0) is 16.7. The highest BCUT2D eigenvalue weighted by Gasteiger charge is 2.27. The third kappa shape index (κ3) is 2.34. The minimum atomic E-state index is 0.0755. The van der Waals surface area contributed by atoms with E-state index in [1.165, 1.54) is 27.7 Å². The second kappa shape index (κ2) is 5.87. The van der Waals surface area contributed by atoms with Gasteiger partial charge in [-0.2, -0.15) is 0 Å². The number of hydrogen-bond donors (Lipinski definition) is 2. The van der Waals surface area contributed by atoms with E-state index in [-0.39, 0.29) is 6.04 Å². The van der Waals surface area contributed by atoms with Gasteiger partial charge in [-0.05, 0) is 49.2 Å². The van der Waals surface area contributed by atoms with Gasteiger partial charge >= 0.3 is 0 Å². The van der Waals surface area contributed by atoms with Crippen LogP contribution in [0.4, 0.5) is 0 Å². The van der Waals surface area contributed by atoms with Crippen molar-refractivity contribution in [2.45, 2.75) is 19.4 Å². The van der Waals surface area contributed by atoms with E-state index in [0.717, 1.165) is 30.0 Å². The van der Waals surface area contributed by atoms with E-state index in [1.54, 1.807) is 14.2 Å². The van der Waals surface area contributed by atoms with Gasteiger partial charge in [0.15, 0.2) is 0 Å². The minimum absolute atomic E-state index is 0.0755. The Morgan fingerprint density at radius 2 is 1.92 bits per heavy atom. The van der Waals surface area contributed by atoms with Crippen LogP contribution in [0.5, 0.6) is 11.5 Å². The van der Waals surface area contributed by atoms with Crippen LogP contribution in [-0.2, 0) is 6.42 Å². The standard InChI is InChI=1S/C20H22N2O2/c1-12-4-6-17-15(10-12)14-8-9-21-19(20(14)22-17)16-11-13(23-2)5-7-18(16)24-3/h4-7,10-11,19,21-22H,8-9H2,1-3H3. The van der Waals surface area contributed by atoms with E-state index in [4.69, 9.17) is 9.47 Å². The third-order valence-corrected chi connectivity index (χ3v) is 4.85. The Bertz CT molecular complexity index is 898. The molecular weight excluding hydrogens is 300 g/mol. The minimum Gasteiger partial charge on any atom is -0.497 e. The zero-order valence-electron chi connectivity index (χ0n) is 14.3. The molecule has 0 bridgehead atoms. The second-order valence-electron chi connectivity index (χ2n) is 6.31. The molecule has 0 saturated carbocycles. The first-order valence-electron chi connectivity index (χ1n) is 8.27. The molecule has 1 aliphatic heterocycles. The van der Waals surface area contributed by atoms with Crippen molar-refractivity contribution in [3.05, 3.63) is 58.8 Å². The molecule has 1 aromatic heterocycles. The third-order valence-electron chi connectivity index (χ3n) is 4.85. The molecule has 0 amide bonds. The fraction of sp³-hybridized carbons (Fsp3) is 0.300. The SMILES string of the molecule is COc1ccc(OC)c(C2NCCc3c2[nH]c2ccc(C)cc32)c1. The van der Waals surface area contributed by atoms with Crippen molar-refractivity contribution < 1.29 is 9.47 Å². The molecule has 0 aliphatic carbocycles. The first kappa shape index (κ1) is 15.1. The van der Waals surface area contributed by atoms with Crippen LogP contribution in [0, 0.1) is 6.92 Å². The largest absolute Gasteiger partial charge is 0.497 e. The fourth-order valence-electron chi connectivity index (χ4n) is 3.67. The molecule has 1 aliphatic rings. The van der Waals surface area contributed by atoms with Crippen molar-refractivity contribution in [1.82, 2.24) is 10.3 Å². The van der Waals surface area contributed by atoms with Gasteiger partial charge in [-0.3, -0.25) is 0 Å². The van der Waals surface area contributed by atoms with Gasteiger partial charge in [0.05, 0.1) is 20.3 Å². The highest BCUT2D eigenvalue weighted by molar-refractivity contribution is 5.86. The van der Waals surface area contributed by atoms with Crippen molar-refractivity contribution in [2.24, 2.45) is 0 Å². The van der Waals surface area contributed by atoms with Crippen LogP contribution in [0.2, 0.25) is 0 Å². The molecule has 24 heavy (non-hydrogen) atoms. The quantitative estimate of drug-likeness (QED) is 0.772. The van der Waals surface area contributed by atoms with Crippen LogP contribution in [0.25, 0.3) is 10.9 Å². The molecule has 0 saturated heterocycles. The number of aromatic amines is 1. The van der Waals surface area contributed by atoms with Crippen molar-refractivity contribution in [3.8, 4) is 11.5 Å². The molecule has 2 aromatic carbocycles. The molecule has 4 nitrogen and oxygen atoms in total. The van der Waals surface area contributed by atoms with E-state index in [1.807, 2.05) is 12.1 Å². The van der Waals surface area contributed by atoms with Gasteiger partial charge in [-0.25, -0.2) is 0 Å². The normalized spacial score (nSPS) is 16.9. The van der Waals surface area contributed by atoms with Crippen LogP contribution in [0.1, 0.15) is 28.4 Å². The smallest absolute Gasteiger partial charge is 0.124 e. The first-order valence-corrected chi connectivity index (χ1v) is 8.27. The molecular formula is C20H22N2O2. The Morgan fingerprint density at radius 1 is 1.04 bits per heavy atom. The van der Waals surface area contributed by atoms with E-state index in [9.17, 15) is 0 Å². The first-order chi connectivity index (χ1) is 11.7. The lowest BCUT2D eigenvalue weighted by Gasteiger charge is -2.26. The van der Waals surface area contributed by atoms with Crippen LogP contribution >= 0.6 is 0 Å². The average Bonchev–Trinajstić information content (AvgIpc) is 2.99. The lowest BCUT2D eigenvalue weighted by atomic mass is 9.93. The van der Waals surface area contributed by atoms with Crippen molar-refractivity contribution in [3.63, 3.8) is 0 Å². The molecule has 2 heterocycles. The van der Waals surface area contributed by atoms with Gasteiger partial charge in [0.2, 0.25) is 0 Å². The van der Waals surface area contributed by atoms with Crippen molar-refractivity contribution in [1.29, 1.82) is 0 Å². The van der Waals surface area contributed by atoms with Crippen molar-refractivity contribution >= 4 is 10.9 Å². The van der Waals surface area contributed by atoms with E-state index < -0.39 is 0 Å². The Morgan fingerprint density at radius 3 is 2.71 bits per heavy atom. The number of rotatable bonds is 3. The fourth-order valence-corrected chi connectivity index (χ4v) is 3.67. The molecule has 3 aromatic rings. The lowest BCUT2D eigenvalue weighted by molar-refractivity contribution is 0.392. The van der Waals surface area contributed by atoms with Gasteiger partial charge in [0.1, 0.15) is 11.5 Å². The highest BCUT2D eigenvalue weighted by atomic mass is 16.5. The molecule has 124 valence electrons. The number of nitrogens with one attached hydrogen (secondary N) is 2. The number of aromatic nitrogens is 1. The summed E-state index contributed by atoms with van der Waals surface area (Å²) in [5.74, 6) is 1.71. The summed E-state index contributed by atoms with van der Waals surface area (Å²) in [5.41, 5.74) is 6.22. The van der Waals surface area contributed by atoms with Gasteiger partial charge < -0.3 is 19.8 Å². The van der Waals surface area contributed by atoms with Crippen molar-refractivity contribution in [2.75, 3.05) is 20.8 Å². The Hall–Kier alpha value is -2.46. The lowest BCUT2D eigenvalue weighted by Crippen LogP contribution is -2.30. The summed E-state index contributed by atoms with van der Waals surface area (Å²) in [6.07, 6.45) is 1.03. The molecule has 4 rings (SSSR count). The molecule has 2 N–H and O–H groups in total. The molecule has 1 atom stereocenters. The Balaban J connectivity index is 1.89. The zero-order valence-corrected chi connectivity index (χ0v) is 14.3. The predicted molar refractivity (Wildman–Crippen MR) is 96.1 cm³/mol. The second-order valence-corrected chi connectivity index (χ2v) is 6.31. The van der Waals surface area contributed by atoms with Crippen LogP contribution in [-0.4, -0.2) is 25.7 Å². The maximum absolute atomic E-state index is 5.60. The van der Waals surface area contributed by atoms with Gasteiger partial charge in [-0.1, -0.05) is 11.6 Å². The summed E-state index contributed by atoms with van der Waals surface area (Å²) < 4.78 is 11.0. The number of ether oxygens (including phenoxy) is 2. The topological polar surface area (TPSA) is 46.3 Å². The van der Waals surface area contributed by atoms with E-state index >= 15 is 0 Å². The number of fused-ring (bicyclic) bond motifs is 3.